The molecule has 0 bridgehead atoms. The minimum Gasteiger partial charge on any atom is -0.274 e. The fraction of sp³-hybridized carbons (Fsp3) is 0.467. The Hall–Kier alpha value is -0.870. The van der Waals surface area contributed by atoms with Crippen LogP contribution in [0.4, 0.5) is 5.69 Å². The highest BCUT2D eigenvalue weighted by Gasteiger charge is 2.50. The van der Waals surface area contributed by atoms with Crippen LogP contribution in [0.3, 0.4) is 0 Å². The van der Waals surface area contributed by atoms with E-state index in [4.69, 9.17) is 11.6 Å². The van der Waals surface area contributed by atoms with Gasteiger partial charge in [0.15, 0.2) is 0 Å². The second-order valence-electron chi connectivity index (χ2n) is 5.25. The Morgan fingerprint density at radius 1 is 1.30 bits per heavy atom. The first-order valence-corrected chi connectivity index (χ1v) is 7.86. The number of amides is 2. The molecule has 20 heavy (non-hydrogen) atoms. The quantitative estimate of drug-likeness (QED) is 0.747. The van der Waals surface area contributed by atoms with Crippen molar-refractivity contribution < 1.29 is 9.59 Å². The van der Waals surface area contributed by atoms with Gasteiger partial charge in [-0.3, -0.25) is 9.59 Å². The standard InChI is InChI=1S/C15H17BrClNO2/c1-4-15(5-2)8-13(19)18(14(15)20)12-7-11(17)9(3)6-10(12)16/h6-7H,4-5,8H2,1-3H3. The fourth-order valence-electron chi connectivity index (χ4n) is 2.65. The van der Waals surface area contributed by atoms with Gasteiger partial charge in [0, 0.05) is 15.9 Å². The summed E-state index contributed by atoms with van der Waals surface area (Å²) in [4.78, 5) is 26.3. The molecule has 1 heterocycles. The molecule has 0 aliphatic carbocycles. The Bertz CT molecular complexity index is 581. The van der Waals surface area contributed by atoms with E-state index in [0.717, 1.165) is 5.56 Å². The average Bonchev–Trinajstić information content (AvgIpc) is 2.66. The minimum absolute atomic E-state index is 0.117. The summed E-state index contributed by atoms with van der Waals surface area (Å²) < 4.78 is 0.712. The van der Waals surface area contributed by atoms with E-state index in [9.17, 15) is 9.59 Å². The number of aryl methyl sites for hydroxylation is 1. The van der Waals surface area contributed by atoms with Gasteiger partial charge in [0.2, 0.25) is 11.8 Å². The van der Waals surface area contributed by atoms with Gasteiger partial charge < -0.3 is 0 Å². The zero-order chi connectivity index (χ0) is 15.1. The number of hydrogen-bond acceptors (Lipinski definition) is 2. The van der Waals surface area contributed by atoms with Gasteiger partial charge in [-0.25, -0.2) is 4.90 Å². The lowest BCUT2D eigenvalue weighted by Gasteiger charge is -2.24. The SMILES string of the molecule is CCC1(CC)CC(=O)N(c2cc(Cl)c(C)cc2Br)C1=O. The van der Waals surface area contributed by atoms with Crippen molar-refractivity contribution in [3.63, 3.8) is 0 Å². The van der Waals surface area contributed by atoms with Gasteiger partial charge in [-0.2, -0.15) is 0 Å². The summed E-state index contributed by atoms with van der Waals surface area (Å²) in [6, 6.07) is 3.51. The van der Waals surface area contributed by atoms with Gasteiger partial charge in [-0.05, 0) is 53.4 Å². The first-order valence-electron chi connectivity index (χ1n) is 6.69. The van der Waals surface area contributed by atoms with E-state index in [1.165, 1.54) is 4.90 Å². The van der Waals surface area contributed by atoms with Crippen molar-refractivity contribution in [3.05, 3.63) is 27.2 Å². The first-order chi connectivity index (χ1) is 9.36. The Kier molecular flexibility index (Phi) is 4.26. The van der Waals surface area contributed by atoms with Gasteiger partial charge >= 0.3 is 0 Å². The van der Waals surface area contributed by atoms with Crippen LogP contribution < -0.4 is 4.90 Å². The van der Waals surface area contributed by atoms with Crippen LogP contribution in [0.5, 0.6) is 0 Å². The van der Waals surface area contributed by atoms with E-state index in [1.807, 2.05) is 26.8 Å². The zero-order valence-electron chi connectivity index (χ0n) is 11.8. The number of anilines is 1. The second kappa shape index (κ2) is 5.49. The number of benzene rings is 1. The molecule has 108 valence electrons. The minimum atomic E-state index is -0.562. The predicted molar refractivity (Wildman–Crippen MR) is 84.0 cm³/mol. The van der Waals surface area contributed by atoms with Crippen LogP contribution >= 0.6 is 27.5 Å². The molecule has 1 saturated heterocycles. The molecule has 0 spiro atoms. The van der Waals surface area contributed by atoms with Gasteiger partial charge in [-0.15, -0.1) is 0 Å². The van der Waals surface area contributed by atoms with Crippen molar-refractivity contribution in [3.8, 4) is 0 Å². The van der Waals surface area contributed by atoms with Crippen molar-refractivity contribution in [2.45, 2.75) is 40.0 Å². The Morgan fingerprint density at radius 3 is 2.40 bits per heavy atom. The average molecular weight is 359 g/mol. The molecule has 3 nitrogen and oxygen atoms in total. The third-order valence-corrected chi connectivity index (χ3v) is 5.26. The number of rotatable bonds is 3. The maximum absolute atomic E-state index is 12.7. The molecule has 0 aromatic heterocycles. The van der Waals surface area contributed by atoms with Crippen LogP contribution in [-0.2, 0) is 9.59 Å². The van der Waals surface area contributed by atoms with E-state index in [2.05, 4.69) is 15.9 Å². The lowest BCUT2D eigenvalue weighted by atomic mass is 9.81. The molecule has 1 aliphatic rings. The van der Waals surface area contributed by atoms with E-state index >= 15 is 0 Å². The van der Waals surface area contributed by atoms with Crippen LogP contribution in [0.15, 0.2) is 16.6 Å². The summed E-state index contributed by atoms with van der Waals surface area (Å²) in [6.45, 7) is 5.79. The number of imide groups is 1. The highest BCUT2D eigenvalue weighted by Crippen LogP contribution is 2.43. The summed E-state index contributed by atoms with van der Waals surface area (Å²) in [5.41, 5.74) is 0.881. The van der Waals surface area contributed by atoms with E-state index in [-0.39, 0.29) is 18.2 Å². The molecule has 1 fully saturated rings. The molecular formula is C15H17BrClNO2. The highest BCUT2D eigenvalue weighted by molar-refractivity contribution is 9.10. The van der Waals surface area contributed by atoms with Crippen molar-refractivity contribution >= 4 is 45.0 Å². The van der Waals surface area contributed by atoms with E-state index < -0.39 is 5.41 Å². The molecule has 0 unspecified atom stereocenters. The maximum atomic E-state index is 12.7. The second-order valence-corrected chi connectivity index (χ2v) is 6.51. The van der Waals surface area contributed by atoms with Crippen molar-refractivity contribution in [2.24, 2.45) is 5.41 Å². The molecule has 5 heteroatoms. The highest BCUT2D eigenvalue weighted by atomic mass is 79.9. The number of carbonyl (C=O) groups is 2. The number of nitrogens with zero attached hydrogens (tertiary/aromatic N) is 1. The lowest BCUT2D eigenvalue weighted by molar-refractivity contribution is -0.126. The van der Waals surface area contributed by atoms with Crippen molar-refractivity contribution in [1.29, 1.82) is 0 Å². The first kappa shape index (κ1) is 15.5. The lowest BCUT2D eigenvalue weighted by Crippen LogP contribution is -2.35. The monoisotopic (exact) mass is 357 g/mol. The molecule has 0 N–H and O–H groups in total. The van der Waals surface area contributed by atoms with Crippen LogP contribution in [0.25, 0.3) is 0 Å². The summed E-state index contributed by atoms with van der Waals surface area (Å²) in [6.07, 6.45) is 1.61. The predicted octanol–water partition coefficient (Wildman–Crippen LogP) is 4.48. The van der Waals surface area contributed by atoms with Gasteiger partial charge in [-0.1, -0.05) is 25.4 Å². The number of hydrogen-bond donors (Lipinski definition) is 0. The zero-order valence-corrected chi connectivity index (χ0v) is 14.1. The smallest absolute Gasteiger partial charge is 0.240 e. The number of halogens is 2. The summed E-state index contributed by atoms with van der Waals surface area (Å²) >= 11 is 9.55. The number of carbonyl (C=O) groups excluding carboxylic acids is 2. The van der Waals surface area contributed by atoms with E-state index in [1.54, 1.807) is 6.07 Å². The Labute approximate surface area is 132 Å². The Morgan fingerprint density at radius 2 is 1.90 bits per heavy atom. The third kappa shape index (κ3) is 2.29. The summed E-state index contributed by atoms with van der Waals surface area (Å²) in [7, 11) is 0. The van der Waals surface area contributed by atoms with Crippen LogP contribution in [-0.4, -0.2) is 11.8 Å². The topological polar surface area (TPSA) is 37.4 Å². The van der Waals surface area contributed by atoms with Crippen LogP contribution in [0, 0.1) is 12.3 Å². The summed E-state index contributed by atoms with van der Waals surface area (Å²) in [5.74, 6) is -0.271. The van der Waals surface area contributed by atoms with Crippen molar-refractivity contribution in [1.82, 2.24) is 0 Å². The Balaban J connectivity index is 2.51. The normalized spacial score (nSPS) is 17.9. The van der Waals surface area contributed by atoms with Crippen LogP contribution in [0.2, 0.25) is 5.02 Å². The summed E-state index contributed by atoms with van der Waals surface area (Å²) in [5, 5.41) is 0.550. The largest absolute Gasteiger partial charge is 0.274 e. The van der Waals surface area contributed by atoms with E-state index in [0.29, 0.717) is 28.0 Å². The van der Waals surface area contributed by atoms with Gasteiger partial charge in [0.05, 0.1) is 11.1 Å². The molecule has 1 aliphatic heterocycles. The fourth-order valence-corrected chi connectivity index (χ4v) is 3.44. The van der Waals surface area contributed by atoms with Gasteiger partial charge in [0.25, 0.3) is 0 Å². The molecule has 1 aromatic rings. The molecule has 1 aromatic carbocycles. The molecule has 0 saturated carbocycles. The molecule has 0 atom stereocenters. The molecular weight excluding hydrogens is 342 g/mol. The molecule has 2 rings (SSSR count). The van der Waals surface area contributed by atoms with Crippen molar-refractivity contribution in [2.75, 3.05) is 4.90 Å². The maximum Gasteiger partial charge on any atom is 0.240 e. The van der Waals surface area contributed by atoms with Gasteiger partial charge in [0.1, 0.15) is 0 Å². The third-order valence-electron chi connectivity index (χ3n) is 4.22. The molecule has 2 amide bonds. The van der Waals surface area contributed by atoms with Crippen LogP contribution in [0.1, 0.15) is 38.7 Å². The molecule has 0 radical (unpaired) electrons.